The van der Waals surface area contributed by atoms with Crippen LogP contribution in [0.1, 0.15) is 36.5 Å². The summed E-state index contributed by atoms with van der Waals surface area (Å²) in [5.74, 6) is -0.249. The summed E-state index contributed by atoms with van der Waals surface area (Å²) in [7, 11) is 0. The Bertz CT molecular complexity index is 672. The summed E-state index contributed by atoms with van der Waals surface area (Å²) in [6.07, 6.45) is 2.15. The van der Waals surface area contributed by atoms with Crippen LogP contribution in [0, 0.1) is 5.82 Å². The highest BCUT2D eigenvalue weighted by molar-refractivity contribution is 5.79. The molecule has 4 heteroatoms. The van der Waals surface area contributed by atoms with Crippen molar-refractivity contribution in [1.29, 1.82) is 0 Å². The first-order chi connectivity index (χ1) is 11.6. The Kier molecular flexibility index (Phi) is 5.26. The van der Waals surface area contributed by atoms with Gasteiger partial charge in [0.15, 0.2) is 0 Å². The molecule has 1 saturated heterocycles. The zero-order valence-electron chi connectivity index (χ0n) is 13.6. The Morgan fingerprint density at radius 1 is 1.17 bits per heavy atom. The van der Waals surface area contributed by atoms with Crippen LogP contribution in [0.25, 0.3) is 0 Å². The van der Waals surface area contributed by atoms with Crippen LogP contribution >= 0.6 is 0 Å². The molecule has 1 amide bonds. The van der Waals surface area contributed by atoms with Crippen molar-refractivity contribution in [3.63, 3.8) is 0 Å². The molecule has 3 nitrogen and oxygen atoms in total. The van der Waals surface area contributed by atoms with Crippen LogP contribution in [0.5, 0.6) is 0 Å². The Hall–Kier alpha value is -2.20. The van der Waals surface area contributed by atoms with Crippen molar-refractivity contribution in [2.75, 3.05) is 6.54 Å². The molecule has 1 aliphatic heterocycles. The van der Waals surface area contributed by atoms with E-state index in [9.17, 15) is 14.3 Å². The van der Waals surface area contributed by atoms with Crippen molar-refractivity contribution >= 4 is 5.91 Å². The third kappa shape index (κ3) is 4.01. The highest BCUT2D eigenvalue weighted by Crippen LogP contribution is 2.28. The van der Waals surface area contributed by atoms with Gasteiger partial charge < -0.3 is 10.0 Å². The number of carbonyl (C=O) groups is 1. The third-order valence-corrected chi connectivity index (χ3v) is 4.65. The van der Waals surface area contributed by atoms with E-state index in [0.717, 1.165) is 30.5 Å². The fourth-order valence-corrected chi connectivity index (χ4v) is 3.36. The molecule has 1 aliphatic rings. The molecule has 1 N–H and O–H groups in total. The van der Waals surface area contributed by atoms with E-state index in [1.807, 2.05) is 35.2 Å². The SMILES string of the molecule is O=C(Cc1ccc(F)cc1)N1CCCC1CC(O)c1ccccc1. The predicted molar refractivity (Wildman–Crippen MR) is 90.9 cm³/mol. The van der Waals surface area contributed by atoms with Crippen LogP contribution in [0.15, 0.2) is 54.6 Å². The number of carbonyl (C=O) groups excluding carboxylic acids is 1. The van der Waals surface area contributed by atoms with Gasteiger partial charge in [-0.2, -0.15) is 0 Å². The number of rotatable bonds is 5. The van der Waals surface area contributed by atoms with Crippen molar-refractivity contribution in [3.8, 4) is 0 Å². The topological polar surface area (TPSA) is 40.5 Å². The van der Waals surface area contributed by atoms with Gasteiger partial charge in [0.2, 0.25) is 5.91 Å². The van der Waals surface area contributed by atoms with Crippen molar-refractivity contribution in [2.45, 2.75) is 37.8 Å². The normalized spacial score (nSPS) is 18.6. The zero-order valence-corrected chi connectivity index (χ0v) is 13.6. The Morgan fingerprint density at radius 2 is 1.88 bits per heavy atom. The van der Waals surface area contributed by atoms with Crippen molar-refractivity contribution in [3.05, 3.63) is 71.5 Å². The molecule has 1 heterocycles. The molecular weight excluding hydrogens is 305 g/mol. The minimum Gasteiger partial charge on any atom is -0.388 e. The Balaban J connectivity index is 1.62. The zero-order chi connectivity index (χ0) is 16.9. The fourth-order valence-electron chi connectivity index (χ4n) is 3.36. The molecule has 2 atom stereocenters. The number of likely N-dealkylation sites (tertiary alicyclic amines) is 1. The number of aliphatic hydroxyl groups is 1. The number of hydrogen-bond acceptors (Lipinski definition) is 2. The van der Waals surface area contributed by atoms with Crippen LogP contribution in [0.3, 0.4) is 0 Å². The van der Waals surface area contributed by atoms with Crippen LogP contribution < -0.4 is 0 Å². The van der Waals surface area contributed by atoms with Crippen LogP contribution in [0.2, 0.25) is 0 Å². The van der Waals surface area contributed by atoms with E-state index in [2.05, 4.69) is 0 Å². The summed E-state index contributed by atoms with van der Waals surface area (Å²) < 4.78 is 13.0. The molecule has 1 fully saturated rings. The molecule has 3 rings (SSSR count). The number of halogens is 1. The molecule has 0 saturated carbocycles. The maximum absolute atomic E-state index is 13.0. The quantitative estimate of drug-likeness (QED) is 0.913. The Labute approximate surface area is 141 Å². The molecule has 0 radical (unpaired) electrons. The molecule has 2 aromatic rings. The van der Waals surface area contributed by atoms with Gasteiger partial charge in [-0.05, 0) is 42.5 Å². The summed E-state index contributed by atoms with van der Waals surface area (Å²) in [6.45, 7) is 0.728. The van der Waals surface area contributed by atoms with Gasteiger partial charge in [-0.25, -0.2) is 4.39 Å². The molecule has 0 aromatic heterocycles. The number of nitrogens with zero attached hydrogens (tertiary/aromatic N) is 1. The van der Waals surface area contributed by atoms with Gasteiger partial charge in [0.05, 0.1) is 12.5 Å². The van der Waals surface area contributed by atoms with Crippen molar-refractivity contribution in [2.24, 2.45) is 0 Å². The second-order valence-electron chi connectivity index (χ2n) is 6.35. The largest absolute Gasteiger partial charge is 0.388 e. The second-order valence-corrected chi connectivity index (χ2v) is 6.35. The predicted octanol–water partition coefficient (Wildman–Crippen LogP) is 3.48. The second kappa shape index (κ2) is 7.58. The lowest BCUT2D eigenvalue weighted by Crippen LogP contribution is -2.37. The van der Waals surface area contributed by atoms with E-state index in [1.165, 1.54) is 12.1 Å². The number of aliphatic hydroxyl groups excluding tert-OH is 1. The van der Waals surface area contributed by atoms with Gasteiger partial charge in [-0.15, -0.1) is 0 Å². The van der Waals surface area contributed by atoms with E-state index in [0.29, 0.717) is 6.42 Å². The van der Waals surface area contributed by atoms with E-state index in [1.54, 1.807) is 12.1 Å². The molecule has 0 aliphatic carbocycles. The van der Waals surface area contributed by atoms with Gasteiger partial charge in [0, 0.05) is 12.6 Å². The number of benzene rings is 2. The third-order valence-electron chi connectivity index (χ3n) is 4.65. The lowest BCUT2D eigenvalue weighted by atomic mass is 10.00. The summed E-state index contributed by atoms with van der Waals surface area (Å²) >= 11 is 0. The highest BCUT2D eigenvalue weighted by Gasteiger charge is 2.30. The standard InChI is InChI=1S/C20H22FNO2/c21-17-10-8-15(9-11-17)13-20(24)22-12-4-7-18(22)14-19(23)16-5-2-1-3-6-16/h1-3,5-6,8-11,18-19,23H,4,7,12-14H2. The minimum atomic E-state index is -0.560. The lowest BCUT2D eigenvalue weighted by molar-refractivity contribution is -0.131. The highest BCUT2D eigenvalue weighted by atomic mass is 19.1. The minimum absolute atomic E-state index is 0.0457. The molecule has 2 aromatic carbocycles. The summed E-state index contributed by atoms with van der Waals surface area (Å²) in [6, 6.07) is 15.7. The molecule has 126 valence electrons. The first-order valence-corrected chi connectivity index (χ1v) is 8.40. The molecular formula is C20H22FNO2. The van der Waals surface area contributed by atoms with E-state index < -0.39 is 6.10 Å². The van der Waals surface area contributed by atoms with Crippen LogP contribution in [-0.2, 0) is 11.2 Å². The molecule has 24 heavy (non-hydrogen) atoms. The van der Waals surface area contributed by atoms with E-state index >= 15 is 0 Å². The Morgan fingerprint density at radius 3 is 2.58 bits per heavy atom. The van der Waals surface area contributed by atoms with Crippen LogP contribution in [0.4, 0.5) is 4.39 Å². The average Bonchev–Trinajstić information content (AvgIpc) is 3.06. The maximum Gasteiger partial charge on any atom is 0.227 e. The van der Waals surface area contributed by atoms with Gasteiger partial charge in [-0.1, -0.05) is 42.5 Å². The lowest BCUT2D eigenvalue weighted by Gasteiger charge is -2.27. The van der Waals surface area contributed by atoms with Gasteiger partial charge in [0.25, 0.3) is 0 Å². The maximum atomic E-state index is 13.0. The molecule has 0 bridgehead atoms. The number of hydrogen-bond donors (Lipinski definition) is 1. The van der Waals surface area contributed by atoms with Gasteiger partial charge in [0.1, 0.15) is 5.82 Å². The monoisotopic (exact) mass is 327 g/mol. The van der Waals surface area contributed by atoms with Gasteiger partial charge >= 0.3 is 0 Å². The molecule has 0 spiro atoms. The van der Waals surface area contributed by atoms with E-state index in [4.69, 9.17) is 0 Å². The smallest absolute Gasteiger partial charge is 0.227 e. The summed E-state index contributed by atoms with van der Waals surface area (Å²) in [4.78, 5) is 14.4. The van der Waals surface area contributed by atoms with Crippen molar-refractivity contribution < 1.29 is 14.3 Å². The first-order valence-electron chi connectivity index (χ1n) is 8.40. The molecule has 2 unspecified atom stereocenters. The average molecular weight is 327 g/mol. The fraction of sp³-hybridized carbons (Fsp3) is 0.350. The summed E-state index contributed by atoms with van der Waals surface area (Å²) in [5.41, 5.74) is 1.70. The van der Waals surface area contributed by atoms with Gasteiger partial charge in [-0.3, -0.25) is 4.79 Å². The number of amides is 1. The van der Waals surface area contributed by atoms with Crippen molar-refractivity contribution in [1.82, 2.24) is 4.90 Å². The summed E-state index contributed by atoms with van der Waals surface area (Å²) in [5, 5.41) is 10.4. The first kappa shape index (κ1) is 16.7. The van der Waals surface area contributed by atoms with Crippen LogP contribution in [-0.4, -0.2) is 28.5 Å². The van der Waals surface area contributed by atoms with E-state index in [-0.39, 0.29) is 24.2 Å².